The van der Waals surface area contributed by atoms with Crippen molar-refractivity contribution < 1.29 is 9.84 Å². The molecule has 1 unspecified atom stereocenters. The Bertz CT molecular complexity index is 349. The fourth-order valence-electron chi connectivity index (χ4n) is 2.05. The van der Waals surface area contributed by atoms with E-state index in [0.717, 1.165) is 30.7 Å². The van der Waals surface area contributed by atoms with Crippen LogP contribution < -0.4 is 10.1 Å². The zero-order chi connectivity index (χ0) is 11.4. The van der Waals surface area contributed by atoms with Crippen LogP contribution in [0.4, 0.5) is 0 Å². The first-order chi connectivity index (χ1) is 7.74. The third-order valence-corrected chi connectivity index (χ3v) is 2.92. The molecule has 88 valence electrons. The van der Waals surface area contributed by atoms with E-state index in [0.29, 0.717) is 13.2 Å². The van der Waals surface area contributed by atoms with Gasteiger partial charge in [-0.15, -0.1) is 0 Å². The first-order valence-electron chi connectivity index (χ1n) is 5.76. The first-order valence-corrected chi connectivity index (χ1v) is 5.76. The maximum absolute atomic E-state index is 10.5. The Labute approximate surface area is 95.7 Å². The predicted octanol–water partition coefficient (Wildman–Crippen LogP) is 1.05. The van der Waals surface area contributed by atoms with E-state index in [9.17, 15) is 5.11 Å². The molecule has 0 saturated carbocycles. The van der Waals surface area contributed by atoms with Gasteiger partial charge in [-0.2, -0.15) is 0 Å². The van der Waals surface area contributed by atoms with Gasteiger partial charge in [-0.3, -0.25) is 4.98 Å². The van der Waals surface area contributed by atoms with Gasteiger partial charge in [0, 0.05) is 18.3 Å². The molecule has 0 bridgehead atoms. The molecule has 4 nitrogen and oxygen atoms in total. The quantitative estimate of drug-likeness (QED) is 0.802. The Morgan fingerprint density at radius 2 is 2.44 bits per heavy atom. The minimum absolute atomic E-state index is 0.588. The number of hydrogen-bond donors (Lipinski definition) is 2. The lowest BCUT2D eigenvalue weighted by Crippen LogP contribution is -2.43. The van der Waals surface area contributed by atoms with Gasteiger partial charge in [0.25, 0.3) is 0 Å². The molecule has 1 aliphatic heterocycles. The Balaban J connectivity index is 2.21. The van der Waals surface area contributed by atoms with Gasteiger partial charge in [-0.1, -0.05) is 0 Å². The molecule has 4 heteroatoms. The van der Waals surface area contributed by atoms with E-state index in [2.05, 4.69) is 10.3 Å². The summed E-state index contributed by atoms with van der Waals surface area (Å²) in [6, 6.07) is 1.88. The molecule has 1 aliphatic rings. The molecule has 2 rings (SSSR count). The molecular formula is C12H18N2O2. The maximum Gasteiger partial charge on any atom is 0.137 e. The van der Waals surface area contributed by atoms with Crippen molar-refractivity contribution in [3.63, 3.8) is 0 Å². The number of aliphatic hydroxyl groups is 1. The summed E-state index contributed by atoms with van der Waals surface area (Å²) in [4.78, 5) is 4.11. The van der Waals surface area contributed by atoms with Crippen LogP contribution in [0.1, 0.15) is 25.3 Å². The molecule has 2 heterocycles. The summed E-state index contributed by atoms with van der Waals surface area (Å²) in [5.74, 6) is 0.721. The molecule has 2 N–H and O–H groups in total. The standard InChI is InChI=1S/C12H18N2O2/c1-2-16-11-6-10(7-14-8-11)12(15)4-3-5-13-9-12/h6-8,13,15H,2-5,9H2,1H3. The number of pyridine rings is 1. The van der Waals surface area contributed by atoms with Gasteiger partial charge in [0.1, 0.15) is 11.4 Å². The third kappa shape index (κ3) is 2.33. The SMILES string of the molecule is CCOc1cncc(C2(O)CCCNC2)c1. The van der Waals surface area contributed by atoms with E-state index in [4.69, 9.17) is 4.74 Å². The fraction of sp³-hybridized carbons (Fsp3) is 0.583. The van der Waals surface area contributed by atoms with Crippen LogP contribution >= 0.6 is 0 Å². The van der Waals surface area contributed by atoms with Crippen molar-refractivity contribution in [3.8, 4) is 5.75 Å². The highest BCUT2D eigenvalue weighted by Crippen LogP contribution is 2.29. The van der Waals surface area contributed by atoms with E-state index in [1.807, 2.05) is 13.0 Å². The third-order valence-electron chi connectivity index (χ3n) is 2.92. The number of nitrogens with zero attached hydrogens (tertiary/aromatic N) is 1. The number of β-amino-alcohol motifs (C(OH)–C–C–N with tert-alkyl or cyclic N) is 1. The first kappa shape index (κ1) is 11.4. The van der Waals surface area contributed by atoms with Crippen molar-refractivity contribution in [2.75, 3.05) is 19.7 Å². The minimum atomic E-state index is -0.793. The van der Waals surface area contributed by atoms with E-state index in [1.54, 1.807) is 12.4 Å². The second-order valence-electron chi connectivity index (χ2n) is 4.15. The summed E-state index contributed by atoms with van der Waals surface area (Å²) in [6.07, 6.45) is 5.15. The number of nitrogens with one attached hydrogen (secondary N) is 1. The van der Waals surface area contributed by atoms with E-state index < -0.39 is 5.60 Å². The number of piperidine rings is 1. The molecule has 0 radical (unpaired) electrons. The van der Waals surface area contributed by atoms with Crippen LogP contribution in [0, 0.1) is 0 Å². The van der Waals surface area contributed by atoms with Crippen LogP contribution in [0.2, 0.25) is 0 Å². The molecular weight excluding hydrogens is 204 g/mol. The topological polar surface area (TPSA) is 54.4 Å². The lowest BCUT2D eigenvalue weighted by atomic mass is 9.88. The van der Waals surface area contributed by atoms with Crippen LogP contribution in [-0.2, 0) is 5.60 Å². The molecule has 16 heavy (non-hydrogen) atoms. The summed E-state index contributed by atoms with van der Waals surface area (Å²) in [5, 5.41) is 13.7. The predicted molar refractivity (Wildman–Crippen MR) is 61.4 cm³/mol. The van der Waals surface area contributed by atoms with Crippen molar-refractivity contribution >= 4 is 0 Å². The second-order valence-corrected chi connectivity index (χ2v) is 4.15. The van der Waals surface area contributed by atoms with Crippen molar-refractivity contribution in [3.05, 3.63) is 24.0 Å². The number of hydrogen-bond acceptors (Lipinski definition) is 4. The molecule has 1 aromatic heterocycles. The molecule has 0 amide bonds. The van der Waals surface area contributed by atoms with Crippen LogP contribution in [0.3, 0.4) is 0 Å². The molecule has 1 aromatic rings. The van der Waals surface area contributed by atoms with Gasteiger partial charge in [-0.05, 0) is 32.4 Å². The summed E-state index contributed by atoms with van der Waals surface area (Å²) >= 11 is 0. The van der Waals surface area contributed by atoms with Crippen molar-refractivity contribution in [2.45, 2.75) is 25.4 Å². The van der Waals surface area contributed by atoms with E-state index in [-0.39, 0.29) is 0 Å². The normalized spacial score (nSPS) is 25.4. The number of rotatable bonds is 3. The minimum Gasteiger partial charge on any atom is -0.492 e. The van der Waals surface area contributed by atoms with Crippen LogP contribution in [0.15, 0.2) is 18.5 Å². The molecule has 1 fully saturated rings. The van der Waals surface area contributed by atoms with E-state index >= 15 is 0 Å². The van der Waals surface area contributed by atoms with Gasteiger partial charge in [0.05, 0.1) is 12.8 Å². The lowest BCUT2D eigenvalue weighted by Gasteiger charge is -2.32. The Morgan fingerprint density at radius 1 is 1.56 bits per heavy atom. The van der Waals surface area contributed by atoms with Gasteiger partial charge in [0.2, 0.25) is 0 Å². The van der Waals surface area contributed by atoms with Crippen LogP contribution in [0.5, 0.6) is 5.75 Å². The molecule has 0 aliphatic carbocycles. The Kier molecular flexibility index (Phi) is 3.41. The van der Waals surface area contributed by atoms with Gasteiger partial charge in [-0.25, -0.2) is 0 Å². The Hall–Kier alpha value is -1.13. The average Bonchev–Trinajstić information content (AvgIpc) is 2.31. The molecule has 0 aromatic carbocycles. The van der Waals surface area contributed by atoms with Gasteiger partial charge < -0.3 is 15.2 Å². The lowest BCUT2D eigenvalue weighted by molar-refractivity contribution is 0.0118. The average molecular weight is 222 g/mol. The monoisotopic (exact) mass is 222 g/mol. The summed E-state index contributed by atoms with van der Waals surface area (Å²) in [5.41, 5.74) is 0.0453. The second kappa shape index (κ2) is 4.80. The highest BCUT2D eigenvalue weighted by atomic mass is 16.5. The summed E-state index contributed by atoms with van der Waals surface area (Å²) in [6.45, 7) is 4.11. The smallest absolute Gasteiger partial charge is 0.137 e. The zero-order valence-corrected chi connectivity index (χ0v) is 9.57. The van der Waals surface area contributed by atoms with Gasteiger partial charge >= 0.3 is 0 Å². The highest BCUT2D eigenvalue weighted by Gasteiger charge is 2.31. The van der Waals surface area contributed by atoms with Crippen molar-refractivity contribution in [2.24, 2.45) is 0 Å². The van der Waals surface area contributed by atoms with Crippen LogP contribution in [-0.4, -0.2) is 29.8 Å². The highest BCUT2D eigenvalue weighted by molar-refractivity contribution is 5.28. The zero-order valence-electron chi connectivity index (χ0n) is 9.57. The largest absolute Gasteiger partial charge is 0.492 e. The van der Waals surface area contributed by atoms with E-state index in [1.165, 1.54) is 0 Å². The number of ether oxygens (including phenoxy) is 1. The molecule has 0 spiro atoms. The molecule has 1 atom stereocenters. The summed E-state index contributed by atoms with van der Waals surface area (Å²) < 4.78 is 5.39. The fourth-order valence-corrected chi connectivity index (χ4v) is 2.05. The van der Waals surface area contributed by atoms with Gasteiger partial charge in [0.15, 0.2) is 0 Å². The van der Waals surface area contributed by atoms with Crippen molar-refractivity contribution in [1.29, 1.82) is 0 Å². The van der Waals surface area contributed by atoms with Crippen LogP contribution in [0.25, 0.3) is 0 Å². The summed E-state index contributed by atoms with van der Waals surface area (Å²) in [7, 11) is 0. The molecule has 1 saturated heterocycles. The van der Waals surface area contributed by atoms with Crippen molar-refractivity contribution in [1.82, 2.24) is 10.3 Å². The number of aromatic nitrogens is 1. The maximum atomic E-state index is 10.5. The Morgan fingerprint density at radius 3 is 3.12 bits per heavy atom.